The monoisotopic (exact) mass is 520 g/mol. The van der Waals surface area contributed by atoms with E-state index < -0.39 is 11.9 Å². The Hall–Kier alpha value is -3.16. The van der Waals surface area contributed by atoms with Crippen LogP contribution in [0.2, 0.25) is 10.0 Å². The third kappa shape index (κ3) is 6.50. The van der Waals surface area contributed by atoms with Gasteiger partial charge < -0.3 is 10.6 Å². The van der Waals surface area contributed by atoms with Crippen LogP contribution in [0.3, 0.4) is 0 Å². The first-order valence-electron chi connectivity index (χ1n) is 10.9. The van der Waals surface area contributed by atoms with Gasteiger partial charge in [-0.25, -0.2) is 4.68 Å². The van der Waals surface area contributed by atoms with Crippen LogP contribution < -0.4 is 10.6 Å². The predicted octanol–water partition coefficient (Wildman–Crippen LogP) is 7.98. The molecule has 0 unspecified atom stereocenters. The average Bonchev–Trinajstić information content (AvgIpc) is 3.19. The van der Waals surface area contributed by atoms with Crippen LogP contribution in [0.25, 0.3) is 16.8 Å². The van der Waals surface area contributed by atoms with Crippen molar-refractivity contribution < 1.29 is 13.2 Å². The third-order valence-electron chi connectivity index (χ3n) is 5.26. The van der Waals surface area contributed by atoms with E-state index >= 15 is 0 Å². The van der Waals surface area contributed by atoms with Crippen molar-refractivity contribution in [1.29, 1.82) is 0 Å². The summed E-state index contributed by atoms with van der Waals surface area (Å²) in [7, 11) is 0. The van der Waals surface area contributed by atoms with E-state index in [4.69, 9.17) is 28.9 Å². The molecular weight excluding hydrogens is 496 g/mol. The number of nitrogens with two attached hydrogens (primary N) is 1. The fourth-order valence-corrected chi connectivity index (χ4v) is 3.87. The molecule has 1 aromatic heterocycles. The standard InChI is InChI=1S/C16H11ClF3N3.C10H14ClN/c17-11-6-8-12(9-7-11)23-15(21)13(10-4-2-1-3-5-10)14(22-23)16(18,19)20;1-3-12(4-2)10-7-5-6-9(11)8-10/h1-9H,21H2;5-8H,3-4H2,1-2H3. The summed E-state index contributed by atoms with van der Waals surface area (Å²) in [6.45, 7) is 6.34. The molecule has 0 atom stereocenters. The first kappa shape index (κ1) is 26.4. The Morgan fingerprint density at radius 3 is 2.03 bits per heavy atom. The van der Waals surface area contributed by atoms with Crippen LogP contribution in [0.5, 0.6) is 0 Å². The molecule has 184 valence electrons. The van der Waals surface area contributed by atoms with Gasteiger partial charge in [-0.3, -0.25) is 0 Å². The highest BCUT2D eigenvalue weighted by molar-refractivity contribution is 6.31. The van der Waals surface area contributed by atoms with Crippen molar-refractivity contribution >= 4 is 34.7 Å². The summed E-state index contributed by atoms with van der Waals surface area (Å²) >= 11 is 11.7. The Morgan fingerprint density at radius 1 is 0.857 bits per heavy atom. The maximum atomic E-state index is 13.4. The van der Waals surface area contributed by atoms with E-state index in [1.807, 2.05) is 18.2 Å². The second-order valence-corrected chi connectivity index (χ2v) is 8.39. The van der Waals surface area contributed by atoms with Crippen molar-refractivity contribution in [3.05, 3.63) is 94.6 Å². The van der Waals surface area contributed by atoms with Crippen LogP contribution in [0.1, 0.15) is 19.5 Å². The van der Waals surface area contributed by atoms with Crippen molar-refractivity contribution in [2.75, 3.05) is 23.7 Å². The number of nitrogens with zero attached hydrogens (tertiary/aromatic N) is 3. The number of anilines is 2. The number of halogens is 5. The normalized spacial score (nSPS) is 11.1. The van der Waals surface area contributed by atoms with Crippen LogP contribution in [0.15, 0.2) is 78.9 Å². The molecule has 0 bridgehead atoms. The predicted molar refractivity (Wildman–Crippen MR) is 138 cm³/mol. The van der Waals surface area contributed by atoms with Gasteiger partial charge in [0.1, 0.15) is 5.82 Å². The second kappa shape index (κ2) is 11.5. The number of rotatable bonds is 5. The van der Waals surface area contributed by atoms with E-state index in [1.54, 1.807) is 54.6 Å². The third-order valence-corrected chi connectivity index (χ3v) is 5.75. The SMILES string of the molecule is CCN(CC)c1cccc(Cl)c1.Nc1c(-c2ccccc2)c(C(F)(F)F)nn1-c1ccc(Cl)cc1. The van der Waals surface area contributed by atoms with Crippen molar-refractivity contribution in [2.45, 2.75) is 20.0 Å². The fraction of sp³-hybridized carbons (Fsp3) is 0.192. The Balaban J connectivity index is 0.000000241. The lowest BCUT2D eigenvalue weighted by Crippen LogP contribution is -2.21. The molecule has 0 saturated carbocycles. The van der Waals surface area contributed by atoms with Crippen LogP contribution in [0.4, 0.5) is 24.7 Å². The largest absolute Gasteiger partial charge is 0.435 e. The molecule has 0 spiro atoms. The van der Waals surface area contributed by atoms with Crippen LogP contribution in [-0.2, 0) is 6.18 Å². The van der Waals surface area contributed by atoms with Crippen molar-refractivity contribution in [3.63, 3.8) is 0 Å². The molecule has 0 aliphatic rings. The summed E-state index contributed by atoms with van der Waals surface area (Å²) in [6, 6.07) is 22.3. The molecule has 0 aliphatic heterocycles. The topological polar surface area (TPSA) is 47.1 Å². The second-order valence-electron chi connectivity index (χ2n) is 7.51. The number of nitrogen functional groups attached to an aromatic ring is 1. The Morgan fingerprint density at radius 2 is 1.49 bits per heavy atom. The van der Waals surface area contributed by atoms with Crippen LogP contribution in [0, 0.1) is 0 Å². The van der Waals surface area contributed by atoms with Crippen molar-refractivity contribution in [3.8, 4) is 16.8 Å². The minimum Gasteiger partial charge on any atom is -0.383 e. The van der Waals surface area contributed by atoms with Gasteiger partial charge in [0.2, 0.25) is 0 Å². The highest BCUT2D eigenvalue weighted by atomic mass is 35.5. The summed E-state index contributed by atoms with van der Waals surface area (Å²) < 4.78 is 41.1. The lowest BCUT2D eigenvalue weighted by Gasteiger charge is -2.20. The molecule has 4 rings (SSSR count). The lowest BCUT2D eigenvalue weighted by atomic mass is 10.1. The van der Waals surface area contributed by atoms with Gasteiger partial charge in [0.25, 0.3) is 0 Å². The van der Waals surface area contributed by atoms with E-state index in [-0.39, 0.29) is 11.4 Å². The van der Waals surface area contributed by atoms with Crippen molar-refractivity contribution in [1.82, 2.24) is 9.78 Å². The molecule has 1 heterocycles. The number of benzene rings is 3. The van der Waals surface area contributed by atoms with Gasteiger partial charge in [0.15, 0.2) is 5.69 Å². The summed E-state index contributed by atoms with van der Waals surface area (Å²) in [5.74, 6) is -0.0779. The first-order valence-corrected chi connectivity index (χ1v) is 11.7. The highest BCUT2D eigenvalue weighted by Gasteiger charge is 2.39. The average molecular weight is 521 g/mol. The van der Waals surface area contributed by atoms with Gasteiger partial charge in [0.05, 0.1) is 11.3 Å². The Kier molecular flexibility index (Phi) is 8.70. The van der Waals surface area contributed by atoms with E-state index in [2.05, 4.69) is 29.9 Å². The van der Waals surface area contributed by atoms with Crippen LogP contribution >= 0.6 is 23.2 Å². The van der Waals surface area contributed by atoms with Gasteiger partial charge in [-0.2, -0.15) is 18.3 Å². The zero-order valence-electron chi connectivity index (χ0n) is 19.2. The first-order chi connectivity index (χ1) is 16.7. The smallest absolute Gasteiger partial charge is 0.383 e. The lowest BCUT2D eigenvalue weighted by molar-refractivity contribution is -0.140. The number of hydrogen-bond acceptors (Lipinski definition) is 3. The summed E-state index contributed by atoms with van der Waals surface area (Å²) in [4.78, 5) is 2.27. The number of alkyl halides is 3. The van der Waals surface area contributed by atoms with Gasteiger partial charge >= 0.3 is 6.18 Å². The van der Waals surface area contributed by atoms with Crippen LogP contribution in [-0.4, -0.2) is 22.9 Å². The van der Waals surface area contributed by atoms with Gasteiger partial charge in [0, 0.05) is 28.8 Å². The van der Waals surface area contributed by atoms with E-state index in [0.29, 0.717) is 16.3 Å². The zero-order chi connectivity index (χ0) is 25.6. The Labute approximate surface area is 212 Å². The Bertz CT molecular complexity index is 1240. The zero-order valence-corrected chi connectivity index (χ0v) is 20.7. The molecule has 9 heteroatoms. The van der Waals surface area contributed by atoms with Crippen molar-refractivity contribution in [2.24, 2.45) is 0 Å². The molecule has 2 N–H and O–H groups in total. The van der Waals surface area contributed by atoms with Gasteiger partial charge in [-0.1, -0.05) is 59.6 Å². The highest BCUT2D eigenvalue weighted by Crippen LogP contribution is 2.40. The van der Waals surface area contributed by atoms with Gasteiger partial charge in [-0.05, 0) is 61.9 Å². The summed E-state index contributed by atoms with van der Waals surface area (Å²) in [6.07, 6.45) is -4.61. The summed E-state index contributed by atoms with van der Waals surface area (Å²) in [5, 5.41) is 4.96. The molecule has 35 heavy (non-hydrogen) atoms. The molecule has 0 saturated heterocycles. The quantitative estimate of drug-likeness (QED) is 0.290. The maximum absolute atomic E-state index is 13.4. The minimum absolute atomic E-state index is 0.0779. The van der Waals surface area contributed by atoms with E-state index in [0.717, 1.165) is 22.8 Å². The maximum Gasteiger partial charge on any atom is 0.435 e. The van der Waals surface area contributed by atoms with Gasteiger partial charge in [-0.15, -0.1) is 0 Å². The molecule has 3 aromatic carbocycles. The van der Waals surface area contributed by atoms with E-state index in [1.165, 1.54) is 5.69 Å². The summed E-state index contributed by atoms with van der Waals surface area (Å²) in [5.41, 5.74) is 6.78. The molecule has 0 amide bonds. The molecule has 4 aromatic rings. The molecule has 4 nitrogen and oxygen atoms in total. The molecule has 0 fully saturated rings. The number of hydrogen-bond donors (Lipinski definition) is 1. The van der Waals surface area contributed by atoms with E-state index in [9.17, 15) is 13.2 Å². The minimum atomic E-state index is -4.61. The molecule has 0 radical (unpaired) electrons. The fourth-order valence-electron chi connectivity index (χ4n) is 3.56. The molecule has 0 aliphatic carbocycles. The molecular formula is C26H25Cl2F3N4. The number of aromatic nitrogens is 2.